The number of halogens is 1. The van der Waals surface area contributed by atoms with Crippen molar-refractivity contribution in [3.05, 3.63) is 76.8 Å². The van der Waals surface area contributed by atoms with Gasteiger partial charge in [-0.15, -0.1) is 10.2 Å². The number of rotatable bonds is 5. The average molecular weight is 477 g/mol. The smallest absolute Gasteiger partial charge is 0.267 e. The molecule has 4 rings (SSSR count). The molecule has 6 nitrogen and oxygen atoms in total. The molecule has 1 aromatic heterocycles. The van der Waals surface area contributed by atoms with Crippen LogP contribution in [0.1, 0.15) is 45.7 Å². The Balaban J connectivity index is 1.53. The van der Waals surface area contributed by atoms with E-state index < -0.39 is 5.60 Å². The number of ether oxygens (including phenoxy) is 1. The van der Waals surface area contributed by atoms with Crippen molar-refractivity contribution in [3.8, 4) is 11.4 Å². The lowest BCUT2D eigenvalue weighted by Gasteiger charge is -2.26. The first kappa shape index (κ1) is 23.8. The minimum absolute atomic E-state index is 0.0526. The van der Waals surface area contributed by atoms with E-state index in [-0.39, 0.29) is 11.3 Å². The molecule has 0 aliphatic carbocycles. The monoisotopic (exact) mass is 476 g/mol. The van der Waals surface area contributed by atoms with E-state index in [1.807, 2.05) is 55.5 Å². The van der Waals surface area contributed by atoms with E-state index in [0.717, 1.165) is 16.8 Å². The molecular formula is C27H29ClN4O2. The summed E-state index contributed by atoms with van der Waals surface area (Å²) in [6.07, 6.45) is 0. The van der Waals surface area contributed by atoms with Crippen LogP contribution in [0.25, 0.3) is 16.7 Å². The van der Waals surface area contributed by atoms with Crippen LogP contribution < -0.4 is 10.1 Å². The van der Waals surface area contributed by atoms with E-state index in [1.54, 1.807) is 30.8 Å². The van der Waals surface area contributed by atoms with Crippen LogP contribution in [0.5, 0.6) is 5.75 Å². The van der Waals surface area contributed by atoms with Gasteiger partial charge in [0.05, 0.1) is 5.69 Å². The van der Waals surface area contributed by atoms with E-state index in [4.69, 9.17) is 16.3 Å². The lowest BCUT2D eigenvalue weighted by Crippen LogP contribution is -2.42. The molecule has 176 valence electrons. The van der Waals surface area contributed by atoms with Gasteiger partial charge in [0.15, 0.2) is 5.60 Å². The van der Waals surface area contributed by atoms with Crippen LogP contribution in [0, 0.1) is 6.92 Å². The van der Waals surface area contributed by atoms with Crippen molar-refractivity contribution in [2.45, 2.75) is 52.6 Å². The average Bonchev–Trinajstić information content (AvgIpc) is 3.16. The molecule has 0 fully saturated rings. The minimum atomic E-state index is -1.08. The summed E-state index contributed by atoms with van der Waals surface area (Å²) in [5.74, 6) is 0.395. The molecular weight excluding hydrogens is 448 g/mol. The Hall–Kier alpha value is -3.38. The summed E-state index contributed by atoms with van der Waals surface area (Å²) in [6.45, 7) is 11.9. The predicted octanol–water partition coefficient (Wildman–Crippen LogP) is 6.48. The third-order valence-corrected chi connectivity index (χ3v) is 5.92. The molecule has 1 heterocycles. The van der Waals surface area contributed by atoms with Crippen LogP contribution in [0.15, 0.2) is 60.7 Å². The maximum absolute atomic E-state index is 13.1. The molecule has 0 unspecified atom stereocenters. The van der Waals surface area contributed by atoms with Gasteiger partial charge in [0.25, 0.3) is 5.91 Å². The van der Waals surface area contributed by atoms with Crippen LogP contribution in [0.4, 0.5) is 5.69 Å². The zero-order valence-corrected chi connectivity index (χ0v) is 21.1. The van der Waals surface area contributed by atoms with Crippen LogP contribution in [-0.4, -0.2) is 26.5 Å². The Morgan fingerprint density at radius 3 is 2.09 bits per heavy atom. The fraction of sp³-hybridized carbons (Fsp3) is 0.296. The number of hydrogen-bond acceptors (Lipinski definition) is 4. The van der Waals surface area contributed by atoms with Crippen LogP contribution in [0.3, 0.4) is 0 Å². The number of amides is 1. The van der Waals surface area contributed by atoms with Crippen molar-refractivity contribution in [1.29, 1.82) is 0 Å². The Morgan fingerprint density at radius 1 is 0.912 bits per heavy atom. The standard InChI is InChI=1S/C27H29ClN4O2/c1-17-15-23-24(31-32(30-23)20-11-9-19(28)10-12-20)16-22(17)29-25(33)27(5,6)34-21-13-7-18(8-14-21)26(2,3)4/h7-16H,1-6H3,(H,29,33). The highest BCUT2D eigenvalue weighted by atomic mass is 35.5. The van der Waals surface area contributed by atoms with Crippen molar-refractivity contribution in [1.82, 2.24) is 15.0 Å². The van der Waals surface area contributed by atoms with Crippen molar-refractivity contribution in [3.63, 3.8) is 0 Å². The van der Waals surface area contributed by atoms with Gasteiger partial charge >= 0.3 is 0 Å². The zero-order valence-electron chi connectivity index (χ0n) is 20.3. The largest absolute Gasteiger partial charge is 0.478 e. The van der Waals surface area contributed by atoms with Crippen LogP contribution in [-0.2, 0) is 10.2 Å². The van der Waals surface area contributed by atoms with Crippen molar-refractivity contribution in [2.75, 3.05) is 5.32 Å². The number of nitrogens with one attached hydrogen (secondary N) is 1. The van der Waals surface area contributed by atoms with Gasteiger partial charge in [-0.2, -0.15) is 4.80 Å². The van der Waals surface area contributed by atoms with Gasteiger partial charge in [0.1, 0.15) is 16.8 Å². The van der Waals surface area contributed by atoms with Crippen LogP contribution >= 0.6 is 11.6 Å². The Labute approximate surface area is 204 Å². The number of fused-ring (bicyclic) bond motifs is 1. The molecule has 4 aromatic rings. The normalized spacial score (nSPS) is 12.1. The van der Waals surface area contributed by atoms with Gasteiger partial charge in [-0.05, 0) is 85.8 Å². The number of hydrogen-bond donors (Lipinski definition) is 1. The van der Waals surface area contributed by atoms with Gasteiger partial charge in [-0.1, -0.05) is 44.5 Å². The molecule has 0 radical (unpaired) electrons. The van der Waals surface area contributed by atoms with Gasteiger partial charge in [0, 0.05) is 10.7 Å². The number of aryl methyl sites for hydroxylation is 1. The molecule has 0 saturated heterocycles. The summed E-state index contributed by atoms with van der Waals surface area (Å²) >= 11 is 5.98. The first-order valence-corrected chi connectivity index (χ1v) is 11.5. The van der Waals surface area contributed by atoms with Gasteiger partial charge in [-0.25, -0.2) is 0 Å². The Kier molecular flexibility index (Phi) is 6.13. The molecule has 34 heavy (non-hydrogen) atoms. The van der Waals surface area contributed by atoms with E-state index in [2.05, 4.69) is 36.3 Å². The molecule has 0 bridgehead atoms. The van der Waals surface area contributed by atoms with Gasteiger partial charge < -0.3 is 10.1 Å². The van der Waals surface area contributed by atoms with Crippen molar-refractivity contribution in [2.24, 2.45) is 0 Å². The summed E-state index contributed by atoms with van der Waals surface area (Å²) in [4.78, 5) is 14.7. The minimum Gasteiger partial charge on any atom is -0.478 e. The Bertz CT molecular complexity index is 1330. The second-order valence-corrected chi connectivity index (χ2v) is 10.4. The number of aromatic nitrogens is 3. The number of carbonyl (C=O) groups is 1. The van der Waals surface area contributed by atoms with Gasteiger partial charge in [-0.3, -0.25) is 4.79 Å². The number of carbonyl (C=O) groups excluding carboxylic acids is 1. The molecule has 0 saturated carbocycles. The summed E-state index contributed by atoms with van der Waals surface area (Å²) in [5.41, 5.74) is 3.94. The first-order chi connectivity index (χ1) is 15.9. The third kappa shape index (κ3) is 5.07. The highest BCUT2D eigenvalue weighted by Gasteiger charge is 2.30. The van der Waals surface area contributed by atoms with E-state index >= 15 is 0 Å². The second-order valence-electron chi connectivity index (χ2n) is 9.96. The van der Waals surface area contributed by atoms with E-state index in [1.165, 1.54) is 5.56 Å². The quantitative estimate of drug-likeness (QED) is 0.358. The van der Waals surface area contributed by atoms with Crippen LogP contribution in [0.2, 0.25) is 5.02 Å². The molecule has 3 aromatic carbocycles. The Morgan fingerprint density at radius 2 is 1.50 bits per heavy atom. The maximum Gasteiger partial charge on any atom is 0.267 e. The second kappa shape index (κ2) is 8.76. The number of anilines is 1. The fourth-order valence-corrected chi connectivity index (χ4v) is 3.66. The SMILES string of the molecule is Cc1cc2nn(-c3ccc(Cl)cc3)nc2cc1NC(=O)C(C)(C)Oc1ccc(C(C)(C)C)cc1. The van der Waals surface area contributed by atoms with Crippen molar-refractivity contribution < 1.29 is 9.53 Å². The number of benzene rings is 3. The fourth-order valence-electron chi connectivity index (χ4n) is 3.53. The van der Waals surface area contributed by atoms with E-state index in [0.29, 0.717) is 22.0 Å². The summed E-state index contributed by atoms with van der Waals surface area (Å²) < 4.78 is 6.05. The lowest BCUT2D eigenvalue weighted by molar-refractivity contribution is -0.128. The highest BCUT2D eigenvalue weighted by molar-refractivity contribution is 6.30. The summed E-state index contributed by atoms with van der Waals surface area (Å²) in [7, 11) is 0. The molecule has 7 heteroatoms. The first-order valence-electron chi connectivity index (χ1n) is 11.2. The molecule has 0 aliphatic rings. The topological polar surface area (TPSA) is 69.0 Å². The zero-order chi connectivity index (χ0) is 24.7. The predicted molar refractivity (Wildman–Crippen MR) is 137 cm³/mol. The molecule has 0 aliphatic heterocycles. The van der Waals surface area contributed by atoms with E-state index in [9.17, 15) is 4.79 Å². The summed E-state index contributed by atoms with van der Waals surface area (Å²) in [5, 5.41) is 12.8. The molecule has 0 atom stereocenters. The highest BCUT2D eigenvalue weighted by Crippen LogP contribution is 2.28. The number of nitrogens with zero attached hydrogens (tertiary/aromatic N) is 3. The maximum atomic E-state index is 13.1. The molecule has 0 spiro atoms. The van der Waals surface area contributed by atoms with Gasteiger partial charge in [0.2, 0.25) is 0 Å². The van der Waals surface area contributed by atoms with Crippen molar-refractivity contribution >= 4 is 34.2 Å². The lowest BCUT2D eigenvalue weighted by atomic mass is 9.87. The third-order valence-electron chi connectivity index (χ3n) is 5.67. The molecule has 1 amide bonds. The summed E-state index contributed by atoms with van der Waals surface area (Å²) in [6, 6.07) is 18.9. The molecule has 1 N–H and O–H groups in total.